The molecule has 32 heavy (non-hydrogen) atoms. The summed E-state index contributed by atoms with van der Waals surface area (Å²) in [5.74, 6) is 0.511. The van der Waals surface area contributed by atoms with Gasteiger partial charge < -0.3 is 4.98 Å². The van der Waals surface area contributed by atoms with Crippen LogP contribution in [0.4, 0.5) is 0 Å². The van der Waals surface area contributed by atoms with Crippen LogP contribution in [-0.2, 0) is 19.8 Å². The third-order valence-electron chi connectivity index (χ3n) is 5.43. The first kappa shape index (κ1) is 26.8. The number of benzene rings is 3. The molecule has 4 heteroatoms. The van der Waals surface area contributed by atoms with Gasteiger partial charge in [0.25, 0.3) is 0 Å². The summed E-state index contributed by atoms with van der Waals surface area (Å²) in [6.07, 6.45) is 1.89. The Balaban J connectivity index is 0.000000244. The van der Waals surface area contributed by atoms with E-state index in [9.17, 15) is 0 Å². The number of rotatable bonds is 4. The zero-order chi connectivity index (χ0) is 22.4. The van der Waals surface area contributed by atoms with Crippen molar-refractivity contribution in [3.8, 4) is 11.3 Å². The Morgan fingerprint density at radius 1 is 0.781 bits per heavy atom. The summed E-state index contributed by atoms with van der Waals surface area (Å²) in [5, 5.41) is 5.72. The van der Waals surface area contributed by atoms with Crippen LogP contribution in [0.25, 0.3) is 22.0 Å². The molecule has 0 aliphatic heterocycles. The molecule has 0 saturated carbocycles. The van der Waals surface area contributed by atoms with E-state index in [1.165, 1.54) is 16.3 Å². The van der Waals surface area contributed by atoms with Crippen molar-refractivity contribution in [1.82, 2.24) is 4.98 Å². The molecule has 167 valence electrons. The van der Waals surface area contributed by atoms with E-state index in [0.717, 1.165) is 11.3 Å². The molecule has 3 aromatic carbocycles. The van der Waals surface area contributed by atoms with E-state index in [1.54, 1.807) is 10.6 Å². The van der Waals surface area contributed by atoms with Gasteiger partial charge in [0.15, 0.2) is 0 Å². The largest absolute Gasteiger partial charge is 1.00 e. The average Bonchev–Trinajstić information content (AvgIpc) is 2.79. The molecular formula is C28H34NOsP2+2. The third kappa shape index (κ3) is 6.78. The molecule has 1 nitrogen and oxygen atoms in total. The summed E-state index contributed by atoms with van der Waals surface area (Å²) in [4.78, 5) is 4.51. The normalized spacial score (nSPS) is 10.8. The molecular weight excluding hydrogens is 602 g/mol. The second-order valence-corrected chi connectivity index (χ2v) is 13.7. The molecule has 0 aliphatic carbocycles. The fraction of sp³-hybridized carbons (Fsp3) is 0.250. The zero-order valence-electron chi connectivity index (χ0n) is 19.9. The topological polar surface area (TPSA) is 12.9 Å². The van der Waals surface area contributed by atoms with Gasteiger partial charge in [-0.1, -0.05) is 67.3 Å². The van der Waals surface area contributed by atoms with Gasteiger partial charge >= 0.3 is 19.8 Å². The van der Waals surface area contributed by atoms with Crippen molar-refractivity contribution in [2.45, 2.75) is 19.8 Å². The quantitative estimate of drug-likeness (QED) is 0.179. The summed E-state index contributed by atoms with van der Waals surface area (Å²) in [5.41, 5.74) is 3.40. The minimum absolute atomic E-state index is 0. The standard InChI is InChI=1S/C18H16N.C10H16P2.Os/c1-13(2)15-10-11-19-18(12-15)17-9-5-7-14-6-3-4-8-16(14)17;1-11(2)9-7-5-6-8-10(9)12(3)4;/h3-8,10-13H,1-2H3;5-8H,1-4H3;/q-1;;+1/p+2. The van der Waals surface area contributed by atoms with Crippen molar-refractivity contribution in [3.63, 3.8) is 0 Å². The monoisotopic (exact) mass is 638 g/mol. The number of pyridine rings is 1. The molecule has 0 atom stereocenters. The third-order valence-corrected chi connectivity index (χ3v) is 8.71. The van der Waals surface area contributed by atoms with E-state index in [1.807, 2.05) is 12.3 Å². The first-order valence-corrected chi connectivity index (χ1v) is 15.9. The van der Waals surface area contributed by atoms with Crippen molar-refractivity contribution >= 4 is 37.2 Å². The van der Waals surface area contributed by atoms with Crippen LogP contribution in [0.1, 0.15) is 25.3 Å². The smallest absolute Gasteiger partial charge is 0.305 e. The van der Waals surface area contributed by atoms with Crippen LogP contribution in [0.15, 0.2) is 79.0 Å². The summed E-state index contributed by atoms with van der Waals surface area (Å²) in [6, 6.07) is 29.0. The molecule has 0 fully saturated rings. The van der Waals surface area contributed by atoms with Gasteiger partial charge in [-0.05, 0) is 29.8 Å². The molecule has 0 spiro atoms. The molecule has 0 amide bonds. The van der Waals surface area contributed by atoms with E-state index < -0.39 is 0 Å². The maximum absolute atomic E-state index is 4.51. The van der Waals surface area contributed by atoms with Crippen LogP contribution >= 0.6 is 15.8 Å². The maximum Gasteiger partial charge on any atom is 1.00 e. The van der Waals surface area contributed by atoms with Gasteiger partial charge in [0.1, 0.15) is 10.6 Å². The predicted octanol–water partition coefficient (Wildman–Crippen LogP) is 6.71. The van der Waals surface area contributed by atoms with Crippen LogP contribution in [0.5, 0.6) is 0 Å². The molecule has 0 saturated heterocycles. The van der Waals surface area contributed by atoms with E-state index in [2.05, 4.69) is 118 Å². The van der Waals surface area contributed by atoms with Gasteiger partial charge in [0.2, 0.25) is 0 Å². The Labute approximate surface area is 209 Å². The van der Waals surface area contributed by atoms with Gasteiger partial charge in [-0.15, -0.1) is 29.1 Å². The molecule has 4 aromatic rings. The molecule has 0 bridgehead atoms. The Morgan fingerprint density at radius 2 is 1.38 bits per heavy atom. The molecule has 4 rings (SSSR count). The minimum atomic E-state index is -0.261. The van der Waals surface area contributed by atoms with Crippen LogP contribution in [0, 0.1) is 6.07 Å². The zero-order valence-corrected chi connectivity index (χ0v) is 24.4. The molecule has 0 N–H and O–H groups in total. The SMILES string of the molecule is CC(C)c1ccnc(-c2[c-]ccc3ccccc23)c1.C[PH+](C)c1ccccc1[PH+](C)C.[Os+]. The fourth-order valence-electron chi connectivity index (χ4n) is 3.67. The predicted molar refractivity (Wildman–Crippen MR) is 146 cm³/mol. The Bertz CT molecular complexity index is 1110. The van der Waals surface area contributed by atoms with Crippen molar-refractivity contribution in [2.24, 2.45) is 0 Å². The van der Waals surface area contributed by atoms with Gasteiger partial charge in [0.05, 0.1) is 26.7 Å². The van der Waals surface area contributed by atoms with Crippen molar-refractivity contribution in [2.75, 3.05) is 26.7 Å². The van der Waals surface area contributed by atoms with E-state index >= 15 is 0 Å². The van der Waals surface area contributed by atoms with Crippen molar-refractivity contribution in [1.29, 1.82) is 0 Å². The summed E-state index contributed by atoms with van der Waals surface area (Å²) < 4.78 is 0. The van der Waals surface area contributed by atoms with Crippen LogP contribution in [-0.4, -0.2) is 31.6 Å². The summed E-state index contributed by atoms with van der Waals surface area (Å²) >= 11 is 0. The maximum atomic E-state index is 4.51. The fourth-order valence-corrected chi connectivity index (χ4v) is 7.28. The Hall–Kier alpha value is -1.43. The second kappa shape index (κ2) is 12.7. The van der Waals surface area contributed by atoms with Gasteiger partial charge in [0, 0.05) is 22.0 Å². The molecule has 1 heterocycles. The minimum Gasteiger partial charge on any atom is -0.305 e. The number of fused-ring (bicyclic) bond motifs is 1. The Kier molecular flexibility index (Phi) is 10.7. The molecule has 0 aliphatic rings. The average molecular weight is 637 g/mol. The first-order chi connectivity index (χ1) is 14.9. The molecule has 1 aromatic heterocycles. The number of hydrogen-bond donors (Lipinski definition) is 0. The van der Waals surface area contributed by atoms with Crippen LogP contribution in [0.3, 0.4) is 0 Å². The number of hydrogen-bond acceptors (Lipinski definition) is 1. The molecule has 1 radical (unpaired) electrons. The van der Waals surface area contributed by atoms with Crippen molar-refractivity contribution < 1.29 is 19.8 Å². The Morgan fingerprint density at radius 3 is 1.97 bits per heavy atom. The van der Waals surface area contributed by atoms with Crippen LogP contribution in [0.2, 0.25) is 0 Å². The number of aromatic nitrogens is 1. The second-order valence-electron chi connectivity index (χ2n) is 8.61. The van der Waals surface area contributed by atoms with Gasteiger partial charge in [-0.3, -0.25) is 0 Å². The van der Waals surface area contributed by atoms with E-state index in [0.29, 0.717) is 5.92 Å². The summed E-state index contributed by atoms with van der Waals surface area (Å²) in [6.45, 7) is 13.9. The van der Waals surface area contributed by atoms with Gasteiger partial charge in [-0.25, -0.2) is 0 Å². The van der Waals surface area contributed by atoms with Crippen molar-refractivity contribution in [3.05, 3.63) is 90.6 Å². The van der Waals surface area contributed by atoms with Crippen LogP contribution < -0.4 is 10.6 Å². The van der Waals surface area contributed by atoms with E-state index in [-0.39, 0.29) is 35.6 Å². The first-order valence-electron chi connectivity index (χ1n) is 10.9. The van der Waals surface area contributed by atoms with E-state index in [4.69, 9.17) is 0 Å². The number of nitrogens with zero attached hydrogens (tertiary/aromatic N) is 1. The van der Waals surface area contributed by atoms with Gasteiger partial charge in [-0.2, -0.15) is 0 Å². The molecule has 0 unspecified atom stereocenters. The summed E-state index contributed by atoms with van der Waals surface area (Å²) in [7, 11) is -0.522.